The lowest BCUT2D eigenvalue weighted by Gasteiger charge is -2.13. The Morgan fingerprint density at radius 2 is 1.81 bits per heavy atom. The van der Waals surface area contributed by atoms with Crippen LogP contribution in [-0.2, 0) is 0 Å². The quantitative estimate of drug-likeness (QED) is 0.634. The van der Waals surface area contributed by atoms with Crippen molar-refractivity contribution in [2.75, 3.05) is 25.7 Å². The minimum Gasteiger partial charge on any atom is -0.497 e. The number of aliphatic hydroxyl groups excluding tert-OH is 1. The number of anilines is 1. The van der Waals surface area contributed by atoms with E-state index in [4.69, 9.17) is 15.2 Å². The zero-order valence-electron chi connectivity index (χ0n) is 12.1. The summed E-state index contributed by atoms with van der Waals surface area (Å²) >= 11 is 1.50. The number of rotatable bonds is 6. The zero-order valence-corrected chi connectivity index (χ0v) is 12.9. The summed E-state index contributed by atoms with van der Waals surface area (Å²) in [6.07, 6.45) is -0.587. The largest absolute Gasteiger partial charge is 0.497 e. The Labute approximate surface area is 128 Å². The molecule has 0 radical (unpaired) electrons. The molecule has 0 aliphatic heterocycles. The Balaban J connectivity index is 2.05. The molecule has 1 unspecified atom stereocenters. The van der Waals surface area contributed by atoms with Crippen molar-refractivity contribution in [2.24, 2.45) is 0 Å². The van der Waals surface area contributed by atoms with Crippen molar-refractivity contribution in [3.63, 3.8) is 0 Å². The molecule has 0 fully saturated rings. The summed E-state index contributed by atoms with van der Waals surface area (Å²) in [6.45, 7) is 0. The summed E-state index contributed by atoms with van der Waals surface area (Å²) in [5.41, 5.74) is 7.44. The van der Waals surface area contributed by atoms with Crippen LogP contribution in [0.2, 0.25) is 0 Å². The highest BCUT2D eigenvalue weighted by molar-refractivity contribution is 7.99. The molecule has 2 aromatic carbocycles. The molecule has 0 aliphatic carbocycles. The van der Waals surface area contributed by atoms with Gasteiger partial charge in [-0.1, -0.05) is 12.1 Å². The number of nitrogens with two attached hydrogens (primary N) is 1. The van der Waals surface area contributed by atoms with Crippen LogP contribution in [-0.4, -0.2) is 25.1 Å². The van der Waals surface area contributed by atoms with Crippen LogP contribution >= 0.6 is 11.8 Å². The SMILES string of the molecule is COc1cccc(C(O)CSc2cc(OC)ccc2N)c1. The van der Waals surface area contributed by atoms with Crippen LogP contribution in [0.4, 0.5) is 5.69 Å². The molecular formula is C16H19NO3S. The number of aliphatic hydroxyl groups is 1. The van der Waals surface area contributed by atoms with E-state index in [1.165, 1.54) is 11.8 Å². The van der Waals surface area contributed by atoms with Gasteiger partial charge >= 0.3 is 0 Å². The average Bonchev–Trinajstić information content (AvgIpc) is 2.53. The third-order valence-electron chi connectivity index (χ3n) is 3.10. The van der Waals surface area contributed by atoms with E-state index in [0.29, 0.717) is 11.4 Å². The molecule has 0 aliphatic rings. The van der Waals surface area contributed by atoms with Gasteiger partial charge in [-0.05, 0) is 35.9 Å². The molecule has 0 saturated carbocycles. The second kappa shape index (κ2) is 7.24. The van der Waals surface area contributed by atoms with Gasteiger partial charge in [-0.2, -0.15) is 0 Å². The highest BCUT2D eigenvalue weighted by Crippen LogP contribution is 2.32. The highest BCUT2D eigenvalue weighted by Gasteiger charge is 2.11. The Hall–Kier alpha value is -1.85. The van der Waals surface area contributed by atoms with Gasteiger partial charge in [0.1, 0.15) is 11.5 Å². The van der Waals surface area contributed by atoms with Crippen molar-refractivity contribution in [2.45, 2.75) is 11.0 Å². The Bertz CT molecular complexity index is 604. The van der Waals surface area contributed by atoms with Gasteiger partial charge in [-0.15, -0.1) is 11.8 Å². The van der Waals surface area contributed by atoms with Crippen molar-refractivity contribution in [1.29, 1.82) is 0 Å². The predicted molar refractivity (Wildman–Crippen MR) is 86.1 cm³/mol. The second-order valence-electron chi connectivity index (χ2n) is 4.51. The van der Waals surface area contributed by atoms with Crippen LogP contribution in [0.25, 0.3) is 0 Å². The van der Waals surface area contributed by atoms with E-state index >= 15 is 0 Å². The standard InChI is InChI=1S/C16H19NO3S/c1-19-12-5-3-4-11(8-12)15(18)10-21-16-9-13(20-2)6-7-14(16)17/h3-9,15,18H,10,17H2,1-2H3. The lowest BCUT2D eigenvalue weighted by atomic mass is 10.1. The number of nitrogen functional groups attached to an aromatic ring is 1. The third-order valence-corrected chi connectivity index (χ3v) is 4.24. The van der Waals surface area contributed by atoms with Gasteiger partial charge in [0.15, 0.2) is 0 Å². The van der Waals surface area contributed by atoms with E-state index in [0.717, 1.165) is 22.0 Å². The maximum absolute atomic E-state index is 10.3. The van der Waals surface area contributed by atoms with E-state index in [2.05, 4.69) is 0 Å². The minimum absolute atomic E-state index is 0.504. The van der Waals surface area contributed by atoms with Gasteiger partial charge in [-0.25, -0.2) is 0 Å². The zero-order chi connectivity index (χ0) is 15.2. The lowest BCUT2D eigenvalue weighted by Crippen LogP contribution is -2.01. The molecule has 1 atom stereocenters. The van der Waals surface area contributed by atoms with Crippen LogP contribution in [0.3, 0.4) is 0 Å². The van der Waals surface area contributed by atoms with Crippen molar-refractivity contribution >= 4 is 17.4 Å². The van der Waals surface area contributed by atoms with E-state index in [-0.39, 0.29) is 0 Å². The summed E-state index contributed by atoms with van der Waals surface area (Å²) in [7, 11) is 3.22. The fourth-order valence-corrected chi connectivity index (χ4v) is 2.84. The first-order chi connectivity index (χ1) is 10.1. The molecule has 0 saturated heterocycles. The first kappa shape index (κ1) is 15.5. The smallest absolute Gasteiger partial charge is 0.120 e. The average molecular weight is 305 g/mol. The number of hydrogen-bond donors (Lipinski definition) is 2. The summed E-state index contributed by atoms with van der Waals surface area (Å²) in [5.74, 6) is 1.99. The van der Waals surface area contributed by atoms with E-state index in [1.54, 1.807) is 20.3 Å². The summed E-state index contributed by atoms with van der Waals surface area (Å²) in [5, 5.41) is 10.3. The van der Waals surface area contributed by atoms with Gasteiger partial charge in [0.25, 0.3) is 0 Å². The van der Waals surface area contributed by atoms with E-state index < -0.39 is 6.10 Å². The molecule has 0 bridgehead atoms. The molecule has 4 nitrogen and oxygen atoms in total. The van der Waals surface area contributed by atoms with E-state index in [9.17, 15) is 5.11 Å². The topological polar surface area (TPSA) is 64.7 Å². The maximum Gasteiger partial charge on any atom is 0.120 e. The molecule has 0 spiro atoms. The third kappa shape index (κ3) is 4.06. The van der Waals surface area contributed by atoms with Gasteiger partial charge < -0.3 is 20.3 Å². The minimum atomic E-state index is -0.587. The molecule has 0 heterocycles. The van der Waals surface area contributed by atoms with Gasteiger partial charge in [0.2, 0.25) is 0 Å². The fourth-order valence-electron chi connectivity index (χ4n) is 1.88. The molecule has 0 amide bonds. The number of methoxy groups -OCH3 is 2. The molecule has 2 aromatic rings. The van der Waals surface area contributed by atoms with Crippen molar-refractivity contribution < 1.29 is 14.6 Å². The first-order valence-electron chi connectivity index (χ1n) is 6.52. The number of thioether (sulfide) groups is 1. The summed E-state index contributed by atoms with van der Waals surface area (Å²) in [6, 6.07) is 12.9. The number of benzene rings is 2. The van der Waals surface area contributed by atoms with Crippen LogP contribution in [0.15, 0.2) is 47.4 Å². The predicted octanol–water partition coefficient (Wildman–Crippen LogP) is 3.11. The van der Waals surface area contributed by atoms with Crippen molar-refractivity contribution in [1.82, 2.24) is 0 Å². The monoisotopic (exact) mass is 305 g/mol. The summed E-state index contributed by atoms with van der Waals surface area (Å²) < 4.78 is 10.3. The van der Waals surface area contributed by atoms with E-state index in [1.807, 2.05) is 36.4 Å². The number of hydrogen-bond acceptors (Lipinski definition) is 5. The molecule has 3 N–H and O–H groups in total. The lowest BCUT2D eigenvalue weighted by molar-refractivity contribution is 0.203. The Morgan fingerprint density at radius 3 is 2.52 bits per heavy atom. The normalized spacial score (nSPS) is 12.0. The van der Waals surface area contributed by atoms with Gasteiger partial charge in [0.05, 0.1) is 20.3 Å². The molecule has 5 heteroatoms. The Morgan fingerprint density at radius 1 is 1.10 bits per heavy atom. The molecular weight excluding hydrogens is 286 g/mol. The summed E-state index contributed by atoms with van der Waals surface area (Å²) in [4.78, 5) is 0.899. The molecule has 112 valence electrons. The van der Waals surface area contributed by atoms with Crippen molar-refractivity contribution in [3.05, 3.63) is 48.0 Å². The molecule has 2 rings (SSSR count). The van der Waals surface area contributed by atoms with Crippen LogP contribution in [0.5, 0.6) is 11.5 Å². The maximum atomic E-state index is 10.3. The van der Waals surface area contributed by atoms with Gasteiger partial charge in [-0.3, -0.25) is 0 Å². The Kier molecular flexibility index (Phi) is 5.36. The second-order valence-corrected chi connectivity index (χ2v) is 5.57. The van der Waals surface area contributed by atoms with Gasteiger partial charge in [0, 0.05) is 16.3 Å². The van der Waals surface area contributed by atoms with Crippen molar-refractivity contribution in [3.8, 4) is 11.5 Å². The number of ether oxygens (including phenoxy) is 2. The fraction of sp³-hybridized carbons (Fsp3) is 0.250. The highest BCUT2D eigenvalue weighted by atomic mass is 32.2. The van der Waals surface area contributed by atoms with Crippen LogP contribution in [0.1, 0.15) is 11.7 Å². The van der Waals surface area contributed by atoms with Crippen LogP contribution in [0, 0.1) is 0 Å². The van der Waals surface area contributed by atoms with Crippen LogP contribution < -0.4 is 15.2 Å². The molecule has 21 heavy (non-hydrogen) atoms. The first-order valence-corrected chi connectivity index (χ1v) is 7.51. The molecule has 0 aromatic heterocycles.